The Morgan fingerprint density at radius 1 is 1.00 bits per heavy atom. The number of aryl methyl sites for hydroxylation is 2. The molecule has 5 nitrogen and oxygen atoms in total. The highest BCUT2D eigenvalue weighted by molar-refractivity contribution is 5.81. The van der Waals surface area contributed by atoms with Gasteiger partial charge in [-0.05, 0) is 67.9 Å². The van der Waals surface area contributed by atoms with Gasteiger partial charge in [-0.15, -0.1) is 0 Å². The van der Waals surface area contributed by atoms with Crippen LogP contribution in [0, 0.1) is 25.7 Å². The number of pyridine rings is 1. The Morgan fingerprint density at radius 2 is 1.79 bits per heavy atom. The van der Waals surface area contributed by atoms with Gasteiger partial charge < -0.3 is 9.47 Å². The van der Waals surface area contributed by atoms with Crippen molar-refractivity contribution in [2.24, 2.45) is 11.8 Å². The van der Waals surface area contributed by atoms with E-state index in [1.807, 2.05) is 18.3 Å². The van der Waals surface area contributed by atoms with Gasteiger partial charge in [0.15, 0.2) is 5.65 Å². The fourth-order valence-corrected chi connectivity index (χ4v) is 5.32. The van der Waals surface area contributed by atoms with Crippen molar-refractivity contribution in [3.8, 4) is 22.5 Å². The van der Waals surface area contributed by atoms with Gasteiger partial charge in [-0.1, -0.05) is 48.0 Å². The third-order valence-electron chi connectivity index (χ3n) is 7.30. The summed E-state index contributed by atoms with van der Waals surface area (Å²) in [5.41, 5.74) is 7.98. The Morgan fingerprint density at radius 3 is 2.56 bits per heavy atom. The van der Waals surface area contributed by atoms with E-state index in [1.165, 1.54) is 22.3 Å². The first-order valence-corrected chi connectivity index (χ1v) is 12.3. The van der Waals surface area contributed by atoms with E-state index in [-0.39, 0.29) is 0 Å². The molecule has 1 amide bonds. The van der Waals surface area contributed by atoms with Crippen molar-refractivity contribution in [2.45, 2.75) is 39.7 Å². The summed E-state index contributed by atoms with van der Waals surface area (Å²) in [4.78, 5) is 24.3. The van der Waals surface area contributed by atoms with Crippen LogP contribution in [0.15, 0.2) is 60.8 Å². The van der Waals surface area contributed by atoms with E-state index in [0.29, 0.717) is 17.7 Å². The van der Waals surface area contributed by atoms with Crippen LogP contribution < -0.4 is 0 Å². The molecule has 1 aliphatic heterocycles. The van der Waals surface area contributed by atoms with Crippen molar-refractivity contribution < 1.29 is 4.79 Å². The second-order valence-corrected chi connectivity index (χ2v) is 10.0. The van der Waals surface area contributed by atoms with Gasteiger partial charge in [0, 0.05) is 37.3 Å². The number of carbonyl (C=O) groups excluding carboxylic acids is 1. The van der Waals surface area contributed by atoms with Crippen LogP contribution in [-0.2, 0) is 11.3 Å². The van der Waals surface area contributed by atoms with Gasteiger partial charge >= 0.3 is 0 Å². The molecule has 2 aromatic heterocycles. The number of fused-ring (bicyclic) bond motifs is 1. The summed E-state index contributed by atoms with van der Waals surface area (Å²) < 4.78 is 2.26. The number of carbonyl (C=O) groups is 1. The number of likely N-dealkylation sites (tertiary alicyclic amines) is 1. The first kappa shape index (κ1) is 21.1. The minimum absolute atomic E-state index is 0.292. The predicted molar refractivity (Wildman–Crippen MR) is 135 cm³/mol. The predicted octanol–water partition coefficient (Wildman–Crippen LogP) is 5.64. The molecule has 0 bridgehead atoms. The molecule has 34 heavy (non-hydrogen) atoms. The topological polar surface area (TPSA) is 51.0 Å². The third kappa shape index (κ3) is 3.89. The fraction of sp³-hybridized carbons (Fsp3) is 0.345. The van der Waals surface area contributed by atoms with Crippen molar-refractivity contribution in [1.82, 2.24) is 19.4 Å². The summed E-state index contributed by atoms with van der Waals surface area (Å²) in [6, 6.07) is 19.3. The van der Waals surface area contributed by atoms with Crippen LogP contribution in [0.2, 0.25) is 0 Å². The normalized spacial score (nSPS) is 18.1. The monoisotopic (exact) mass is 450 g/mol. The van der Waals surface area contributed by atoms with Gasteiger partial charge in [0.2, 0.25) is 5.91 Å². The molecule has 0 N–H and O–H groups in total. The summed E-state index contributed by atoms with van der Waals surface area (Å²) in [5.74, 6) is 2.03. The molecule has 2 aliphatic rings. The lowest BCUT2D eigenvalue weighted by Gasteiger charge is -2.17. The lowest BCUT2D eigenvalue weighted by molar-refractivity contribution is -0.131. The van der Waals surface area contributed by atoms with Crippen LogP contribution in [0.3, 0.4) is 0 Å². The maximum absolute atomic E-state index is 12.5. The van der Waals surface area contributed by atoms with E-state index >= 15 is 0 Å². The molecule has 1 unspecified atom stereocenters. The fourth-order valence-electron chi connectivity index (χ4n) is 5.32. The van der Waals surface area contributed by atoms with Crippen molar-refractivity contribution in [3.63, 3.8) is 0 Å². The number of hydrogen-bond acceptors (Lipinski definition) is 3. The number of benzene rings is 2. The molecule has 6 rings (SSSR count). The van der Waals surface area contributed by atoms with Crippen LogP contribution in [0.25, 0.3) is 33.7 Å². The Bertz CT molecular complexity index is 1370. The smallest absolute Gasteiger partial charge is 0.225 e. The molecule has 4 aromatic rings. The SMILES string of the molecule is Cc1ccc(-c2ccc(-c3nc4cccnc4n3CC3CCN(C(=O)C4CC4)C3)cc2)c(C)c1. The van der Waals surface area contributed by atoms with E-state index in [1.54, 1.807) is 0 Å². The standard InChI is InChI=1S/C29H30N4O/c1-19-5-12-25(20(2)16-19)22-6-8-23(9-7-22)27-31-26-4-3-14-30-28(26)33(27)18-21-13-15-32(17-21)29(34)24-10-11-24/h3-9,12,14,16,21,24H,10-11,13,15,17-18H2,1-2H3. The van der Waals surface area contributed by atoms with Crippen molar-refractivity contribution in [1.29, 1.82) is 0 Å². The van der Waals surface area contributed by atoms with E-state index < -0.39 is 0 Å². The Balaban J connectivity index is 1.31. The summed E-state index contributed by atoms with van der Waals surface area (Å²) in [5, 5.41) is 0. The van der Waals surface area contributed by atoms with E-state index in [4.69, 9.17) is 4.98 Å². The van der Waals surface area contributed by atoms with Gasteiger partial charge in [-0.2, -0.15) is 0 Å². The van der Waals surface area contributed by atoms with E-state index in [0.717, 1.165) is 61.4 Å². The first-order valence-electron chi connectivity index (χ1n) is 12.3. The van der Waals surface area contributed by atoms with Crippen LogP contribution in [0.5, 0.6) is 0 Å². The average Bonchev–Trinajstić information content (AvgIpc) is 3.49. The van der Waals surface area contributed by atoms with Crippen molar-refractivity contribution in [2.75, 3.05) is 13.1 Å². The second-order valence-electron chi connectivity index (χ2n) is 10.0. The number of hydrogen-bond donors (Lipinski definition) is 0. The molecule has 1 saturated carbocycles. The molecule has 0 radical (unpaired) electrons. The van der Waals surface area contributed by atoms with Gasteiger partial charge in [0.25, 0.3) is 0 Å². The molecule has 2 fully saturated rings. The lowest BCUT2D eigenvalue weighted by atomic mass is 9.98. The molecule has 1 atom stereocenters. The average molecular weight is 451 g/mol. The zero-order chi connectivity index (χ0) is 23.2. The minimum atomic E-state index is 0.292. The van der Waals surface area contributed by atoms with Crippen molar-refractivity contribution in [3.05, 3.63) is 71.9 Å². The zero-order valence-electron chi connectivity index (χ0n) is 19.9. The van der Waals surface area contributed by atoms with Crippen LogP contribution in [0.4, 0.5) is 0 Å². The molecule has 2 aromatic carbocycles. The summed E-state index contributed by atoms with van der Waals surface area (Å²) in [6.45, 7) is 6.84. The number of imidazole rings is 1. The highest BCUT2D eigenvalue weighted by Gasteiger charge is 2.36. The Labute approximate surface area is 200 Å². The van der Waals surface area contributed by atoms with Gasteiger partial charge in [0.1, 0.15) is 11.3 Å². The van der Waals surface area contributed by atoms with E-state index in [2.05, 4.69) is 70.8 Å². The molecule has 172 valence electrons. The number of nitrogens with zero attached hydrogens (tertiary/aromatic N) is 4. The van der Waals surface area contributed by atoms with Crippen LogP contribution >= 0.6 is 0 Å². The van der Waals surface area contributed by atoms with Gasteiger partial charge in [-0.3, -0.25) is 4.79 Å². The maximum atomic E-state index is 12.5. The largest absolute Gasteiger partial charge is 0.342 e. The molecule has 0 spiro atoms. The highest BCUT2D eigenvalue weighted by Crippen LogP contribution is 2.34. The van der Waals surface area contributed by atoms with Gasteiger partial charge in [-0.25, -0.2) is 9.97 Å². The molecule has 1 saturated heterocycles. The maximum Gasteiger partial charge on any atom is 0.225 e. The quantitative estimate of drug-likeness (QED) is 0.395. The van der Waals surface area contributed by atoms with Crippen LogP contribution in [-0.4, -0.2) is 38.4 Å². The minimum Gasteiger partial charge on any atom is -0.342 e. The first-order chi connectivity index (χ1) is 16.6. The third-order valence-corrected chi connectivity index (χ3v) is 7.30. The molecular weight excluding hydrogens is 420 g/mol. The second kappa shape index (κ2) is 8.39. The Hall–Kier alpha value is -3.47. The molecule has 1 aliphatic carbocycles. The molecule has 5 heteroatoms. The highest BCUT2D eigenvalue weighted by atomic mass is 16.2. The Kier molecular flexibility index (Phi) is 5.20. The number of amides is 1. The van der Waals surface area contributed by atoms with E-state index in [9.17, 15) is 4.79 Å². The van der Waals surface area contributed by atoms with Gasteiger partial charge in [0.05, 0.1) is 0 Å². The number of rotatable bonds is 5. The van der Waals surface area contributed by atoms with Crippen molar-refractivity contribution >= 4 is 17.1 Å². The summed E-state index contributed by atoms with van der Waals surface area (Å²) in [6.07, 6.45) is 5.01. The lowest BCUT2D eigenvalue weighted by Crippen LogP contribution is -2.30. The molecule has 3 heterocycles. The molecular formula is C29H30N4O. The van der Waals surface area contributed by atoms with Crippen LogP contribution in [0.1, 0.15) is 30.4 Å². The number of aromatic nitrogens is 3. The zero-order valence-corrected chi connectivity index (χ0v) is 19.9. The summed E-state index contributed by atoms with van der Waals surface area (Å²) >= 11 is 0. The summed E-state index contributed by atoms with van der Waals surface area (Å²) in [7, 11) is 0.